The maximum Gasteiger partial charge on any atom is 0.362 e. The van der Waals surface area contributed by atoms with Crippen LogP contribution in [-0.4, -0.2) is 33.1 Å². The van der Waals surface area contributed by atoms with Gasteiger partial charge in [-0.2, -0.15) is 4.98 Å². The molecule has 0 N–H and O–H groups in total. The summed E-state index contributed by atoms with van der Waals surface area (Å²) in [6, 6.07) is 0. The third-order valence-corrected chi connectivity index (χ3v) is 3.34. The Morgan fingerprint density at radius 2 is 2.35 bits per heavy atom. The molecule has 0 radical (unpaired) electrons. The first-order chi connectivity index (χ1) is 8.10. The van der Waals surface area contributed by atoms with Crippen LogP contribution in [0.15, 0.2) is 11.4 Å². The number of nitro groups is 1. The van der Waals surface area contributed by atoms with Crippen molar-refractivity contribution in [3.8, 4) is 5.88 Å². The quantitative estimate of drug-likeness (QED) is 0.261. The normalized spacial score (nSPS) is 12.2. The molecule has 0 amide bonds. The number of rotatable bonds is 6. The van der Waals surface area contributed by atoms with Gasteiger partial charge < -0.3 is 4.74 Å². The highest BCUT2D eigenvalue weighted by molar-refractivity contribution is 8.00. The number of thioether (sulfide) groups is 1. The van der Waals surface area contributed by atoms with Crippen LogP contribution >= 0.6 is 23.4 Å². The first kappa shape index (κ1) is 14.0. The van der Waals surface area contributed by atoms with E-state index in [9.17, 15) is 10.1 Å². The fourth-order valence-electron chi connectivity index (χ4n) is 1.14. The van der Waals surface area contributed by atoms with Crippen LogP contribution in [-0.2, 0) is 0 Å². The summed E-state index contributed by atoms with van der Waals surface area (Å²) in [5, 5.41) is 11.4. The van der Waals surface area contributed by atoms with Crippen molar-refractivity contribution < 1.29 is 9.66 Å². The maximum absolute atomic E-state index is 10.9. The highest BCUT2D eigenvalue weighted by Crippen LogP contribution is 2.36. The van der Waals surface area contributed by atoms with E-state index < -0.39 is 4.92 Å². The summed E-state index contributed by atoms with van der Waals surface area (Å²) in [5.74, 6) is 0.482. The van der Waals surface area contributed by atoms with Crippen LogP contribution in [0.4, 0.5) is 5.69 Å². The summed E-state index contributed by atoms with van der Waals surface area (Å²) in [5.41, 5.74) is -0.193. The van der Waals surface area contributed by atoms with Crippen LogP contribution in [0, 0.1) is 10.1 Å². The zero-order chi connectivity index (χ0) is 12.8. The Labute approximate surface area is 108 Å². The first-order valence-corrected chi connectivity index (χ1v) is 6.27. The molecule has 0 aliphatic carbocycles. The zero-order valence-electron chi connectivity index (χ0n) is 9.42. The second-order valence-corrected chi connectivity index (χ2v) is 5.01. The van der Waals surface area contributed by atoms with Gasteiger partial charge in [-0.3, -0.25) is 10.1 Å². The molecule has 1 aromatic heterocycles. The molecule has 6 nitrogen and oxygen atoms in total. The molecule has 94 valence electrons. The Morgan fingerprint density at radius 3 is 2.88 bits per heavy atom. The van der Waals surface area contributed by atoms with E-state index in [-0.39, 0.29) is 16.8 Å². The second kappa shape index (κ2) is 6.61. The Balaban J connectivity index is 3.02. The first-order valence-electron chi connectivity index (χ1n) is 4.86. The van der Waals surface area contributed by atoms with E-state index in [1.807, 2.05) is 6.92 Å². The van der Waals surface area contributed by atoms with E-state index in [4.69, 9.17) is 16.3 Å². The van der Waals surface area contributed by atoms with Crippen molar-refractivity contribution in [1.29, 1.82) is 0 Å². The molecule has 0 bridgehead atoms. The Hall–Kier alpha value is -1.08. The third-order valence-electron chi connectivity index (χ3n) is 1.96. The minimum Gasteiger partial charge on any atom is -0.476 e. The summed E-state index contributed by atoms with van der Waals surface area (Å²) in [6.45, 7) is 1.94. The average Bonchev–Trinajstić information content (AvgIpc) is 2.28. The van der Waals surface area contributed by atoms with Gasteiger partial charge in [0.05, 0.1) is 12.0 Å². The molecule has 0 aliphatic heterocycles. The number of halogens is 1. The lowest BCUT2D eigenvalue weighted by molar-refractivity contribution is -0.389. The predicted molar refractivity (Wildman–Crippen MR) is 65.9 cm³/mol. The monoisotopic (exact) mass is 277 g/mol. The lowest BCUT2D eigenvalue weighted by Gasteiger charge is -2.09. The largest absolute Gasteiger partial charge is 0.476 e. The van der Waals surface area contributed by atoms with Gasteiger partial charge >= 0.3 is 5.69 Å². The number of nitrogens with zero attached hydrogens (tertiary/aromatic N) is 3. The van der Waals surface area contributed by atoms with Crippen LogP contribution in [0.25, 0.3) is 0 Å². The van der Waals surface area contributed by atoms with Gasteiger partial charge in [0.25, 0.3) is 5.88 Å². The number of hydrogen-bond acceptors (Lipinski definition) is 6. The molecule has 1 heterocycles. The number of ether oxygens (including phenoxy) is 1. The van der Waals surface area contributed by atoms with Crippen LogP contribution in [0.2, 0.25) is 0 Å². The van der Waals surface area contributed by atoms with Crippen molar-refractivity contribution >= 4 is 29.1 Å². The van der Waals surface area contributed by atoms with E-state index in [0.717, 1.165) is 6.42 Å². The molecule has 8 heteroatoms. The van der Waals surface area contributed by atoms with Crippen molar-refractivity contribution in [2.24, 2.45) is 0 Å². The van der Waals surface area contributed by atoms with Crippen molar-refractivity contribution in [3.05, 3.63) is 16.4 Å². The van der Waals surface area contributed by atoms with E-state index in [2.05, 4.69) is 9.97 Å². The standard InChI is InChI=1S/C9H12ClN3O3S/c1-6(3-4-10)17-9-7(13(14)15)8(16-2)11-5-12-9/h5-6H,3-4H2,1-2H3. The molecule has 1 atom stereocenters. The number of hydrogen-bond donors (Lipinski definition) is 0. The van der Waals surface area contributed by atoms with Gasteiger partial charge in [0, 0.05) is 11.1 Å². The highest BCUT2D eigenvalue weighted by Gasteiger charge is 2.25. The maximum atomic E-state index is 10.9. The SMILES string of the molecule is COc1ncnc(SC(C)CCCl)c1[N+](=O)[O-]. The van der Waals surface area contributed by atoms with Gasteiger partial charge in [-0.05, 0) is 6.42 Å². The molecule has 1 unspecified atom stereocenters. The fraction of sp³-hybridized carbons (Fsp3) is 0.556. The summed E-state index contributed by atoms with van der Waals surface area (Å²) >= 11 is 6.91. The predicted octanol–water partition coefficient (Wildman–Crippen LogP) is 2.50. The molecule has 0 saturated carbocycles. The van der Waals surface area contributed by atoms with E-state index >= 15 is 0 Å². The minimum atomic E-state index is -0.533. The van der Waals surface area contributed by atoms with Crippen molar-refractivity contribution in [2.45, 2.75) is 23.6 Å². The lowest BCUT2D eigenvalue weighted by Crippen LogP contribution is -2.03. The molecule has 0 fully saturated rings. The molecular formula is C9H12ClN3O3S. The molecule has 0 aliphatic rings. The molecule has 1 rings (SSSR count). The van der Waals surface area contributed by atoms with Gasteiger partial charge in [-0.25, -0.2) is 4.98 Å². The molecule has 0 spiro atoms. The van der Waals surface area contributed by atoms with Crippen molar-refractivity contribution in [3.63, 3.8) is 0 Å². The van der Waals surface area contributed by atoms with Crippen LogP contribution in [0.1, 0.15) is 13.3 Å². The molecule has 1 aromatic rings. The van der Waals surface area contributed by atoms with Gasteiger partial charge in [-0.15, -0.1) is 11.6 Å². The summed E-state index contributed by atoms with van der Waals surface area (Å²) in [6.07, 6.45) is 2.00. The summed E-state index contributed by atoms with van der Waals surface area (Å²) in [4.78, 5) is 18.0. The van der Waals surface area contributed by atoms with Crippen LogP contribution < -0.4 is 4.74 Å². The van der Waals surface area contributed by atoms with Gasteiger partial charge in [-0.1, -0.05) is 18.7 Å². The molecule has 0 aromatic carbocycles. The van der Waals surface area contributed by atoms with E-state index in [1.165, 1.54) is 25.2 Å². The van der Waals surface area contributed by atoms with Crippen molar-refractivity contribution in [2.75, 3.05) is 13.0 Å². The lowest BCUT2D eigenvalue weighted by atomic mass is 10.4. The fourth-order valence-corrected chi connectivity index (χ4v) is 2.60. The third kappa shape index (κ3) is 3.71. The molecular weight excluding hydrogens is 266 g/mol. The number of aromatic nitrogens is 2. The van der Waals surface area contributed by atoms with Gasteiger partial charge in [0.2, 0.25) is 0 Å². The van der Waals surface area contributed by atoms with Crippen LogP contribution in [0.3, 0.4) is 0 Å². The van der Waals surface area contributed by atoms with Crippen molar-refractivity contribution in [1.82, 2.24) is 9.97 Å². The number of methoxy groups -OCH3 is 1. The van der Waals surface area contributed by atoms with Crippen LogP contribution in [0.5, 0.6) is 5.88 Å². The molecule has 17 heavy (non-hydrogen) atoms. The van der Waals surface area contributed by atoms with Gasteiger partial charge in [0.1, 0.15) is 6.33 Å². The summed E-state index contributed by atoms with van der Waals surface area (Å²) in [7, 11) is 1.34. The Kier molecular flexibility index (Phi) is 5.43. The Morgan fingerprint density at radius 1 is 1.65 bits per heavy atom. The smallest absolute Gasteiger partial charge is 0.362 e. The average molecular weight is 278 g/mol. The Bertz CT molecular complexity index is 405. The topological polar surface area (TPSA) is 78.2 Å². The minimum absolute atomic E-state index is 0.0226. The van der Waals surface area contributed by atoms with E-state index in [1.54, 1.807) is 0 Å². The van der Waals surface area contributed by atoms with E-state index in [0.29, 0.717) is 10.9 Å². The molecule has 0 saturated heterocycles. The highest BCUT2D eigenvalue weighted by atomic mass is 35.5. The van der Waals surface area contributed by atoms with Gasteiger partial charge in [0.15, 0.2) is 5.03 Å². The summed E-state index contributed by atoms with van der Waals surface area (Å²) < 4.78 is 4.86. The second-order valence-electron chi connectivity index (χ2n) is 3.20. The number of alkyl halides is 1. The zero-order valence-corrected chi connectivity index (χ0v) is 11.0.